The normalized spacial score (nSPS) is 15.9. The molecule has 1 aliphatic heterocycles. The average molecular weight is 399 g/mol. The van der Waals surface area contributed by atoms with Crippen LogP contribution in [0.1, 0.15) is 38.7 Å². The molecule has 1 aliphatic rings. The highest BCUT2D eigenvalue weighted by Crippen LogP contribution is 2.47. The number of phenolic OH excluding ortho intramolecular Hbond substituents is 1. The standard InChI is InChI=1S/C20H15ClN2O3S/c21-12-5-1-11(2-6-12)18(26)19-17(22)16-14(9-15(25)23-20(16)27-19)10-3-7-13(24)8-4-10/h1-8,14,24H,9,22H2,(H,23,25). The molecule has 0 radical (unpaired) electrons. The number of halogens is 1. The highest BCUT2D eigenvalue weighted by Gasteiger charge is 2.33. The Morgan fingerprint density at radius 1 is 1.15 bits per heavy atom. The van der Waals surface area contributed by atoms with Crippen molar-refractivity contribution in [2.24, 2.45) is 0 Å². The fraction of sp³-hybridized carbons (Fsp3) is 0.100. The van der Waals surface area contributed by atoms with Crippen LogP contribution in [-0.4, -0.2) is 16.8 Å². The molecule has 0 fully saturated rings. The number of rotatable bonds is 3. The summed E-state index contributed by atoms with van der Waals surface area (Å²) in [5.74, 6) is -0.455. The quantitative estimate of drug-likeness (QED) is 0.570. The number of fused-ring (bicyclic) bond motifs is 1. The minimum Gasteiger partial charge on any atom is -0.508 e. The molecule has 0 bridgehead atoms. The Morgan fingerprint density at radius 2 is 1.81 bits per heavy atom. The van der Waals surface area contributed by atoms with Crippen LogP contribution in [0.15, 0.2) is 48.5 Å². The smallest absolute Gasteiger partial charge is 0.225 e. The second kappa shape index (κ2) is 6.72. The van der Waals surface area contributed by atoms with Gasteiger partial charge in [-0.3, -0.25) is 9.59 Å². The van der Waals surface area contributed by atoms with Crippen molar-refractivity contribution >= 4 is 45.3 Å². The minimum atomic E-state index is -0.266. The van der Waals surface area contributed by atoms with Gasteiger partial charge in [-0.15, -0.1) is 11.3 Å². The number of benzene rings is 2. The van der Waals surface area contributed by atoms with Gasteiger partial charge < -0.3 is 16.2 Å². The summed E-state index contributed by atoms with van der Waals surface area (Å²) in [5.41, 5.74) is 8.84. The monoisotopic (exact) mass is 398 g/mol. The SMILES string of the molecule is Nc1c(C(=O)c2ccc(Cl)cc2)sc2c1C(c1ccc(O)cc1)CC(=O)N2. The zero-order chi connectivity index (χ0) is 19.1. The Morgan fingerprint density at radius 3 is 2.48 bits per heavy atom. The zero-order valence-electron chi connectivity index (χ0n) is 14.0. The number of nitrogens with one attached hydrogen (secondary N) is 1. The number of thiophene rings is 1. The molecule has 0 saturated heterocycles. The second-order valence-electron chi connectivity index (χ2n) is 6.32. The average Bonchev–Trinajstić information content (AvgIpc) is 2.98. The Kier molecular flexibility index (Phi) is 4.37. The Bertz CT molecular complexity index is 1040. The number of nitrogen functional groups attached to an aromatic ring is 1. The van der Waals surface area contributed by atoms with E-state index in [9.17, 15) is 14.7 Å². The summed E-state index contributed by atoms with van der Waals surface area (Å²) in [4.78, 5) is 25.5. The van der Waals surface area contributed by atoms with E-state index in [-0.39, 0.29) is 29.8 Å². The highest BCUT2D eigenvalue weighted by atomic mass is 35.5. The van der Waals surface area contributed by atoms with Crippen LogP contribution in [0.25, 0.3) is 0 Å². The van der Waals surface area contributed by atoms with Gasteiger partial charge in [0.1, 0.15) is 15.6 Å². The molecule has 136 valence electrons. The molecule has 1 aromatic heterocycles. The summed E-state index contributed by atoms with van der Waals surface area (Å²) in [7, 11) is 0. The minimum absolute atomic E-state index is 0.132. The number of carbonyl (C=O) groups is 2. The van der Waals surface area contributed by atoms with Gasteiger partial charge in [0.2, 0.25) is 11.7 Å². The maximum absolute atomic E-state index is 12.9. The summed E-state index contributed by atoms with van der Waals surface area (Å²) < 4.78 is 0. The predicted octanol–water partition coefficient (Wildman–Crippen LogP) is 4.39. The zero-order valence-corrected chi connectivity index (χ0v) is 15.6. The number of ketones is 1. The summed E-state index contributed by atoms with van der Waals surface area (Å²) in [6.07, 6.45) is 0.229. The van der Waals surface area contributed by atoms with E-state index in [2.05, 4.69) is 5.32 Å². The molecule has 0 saturated carbocycles. The third-order valence-electron chi connectivity index (χ3n) is 4.58. The van der Waals surface area contributed by atoms with E-state index in [1.165, 1.54) is 11.3 Å². The molecule has 1 unspecified atom stereocenters. The largest absolute Gasteiger partial charge is 0.508 e. The van der Waals surface area contributed by atoms with E-state index in [0.29, 0.717) is 26.2 Å². The number of phenols is 1. The van der Waals surface area contributed by atoms with Crippen molar-refractivity contribution in [2.45, 2.75) is 12.3 Å². The molecule has 3 aromatic rings. The van der Waals surface area contributed by atoms with E-state index in [1.54, 1.807) is 48.5 Å². The first kappa shape index (κ1) is 17.6. The van der Waals surface area contributed by atoms with E-state index < -0.39 is 0 Å². The van der Waals surface area contributed by atoms with E-state index in [4.69, 9.17) is 17.3 Å². The van der Waals surface area contributed by atoms with Crippen molar-refractivity contribution in [3.63, 3.8) is 0 Å². The fourth-order valence-electron chi connectivity index (χ4n) is 3.25. The first-order valence-electron chi connectivity index (χ1n) is 8.25. The fourth-order valence-corrected chi connectivity index (χ4v) is 4.54. The maximum atomic E-state index is 12.9. The van der Waals surface area contributed by atoms with Gasteiger partial charge in [0.05, 0.1) is 5.69 Å². The van der Waals surface area contributed by atoms with Gasteiger partial charge in [0.15, 0.2) is 0 Å². The highest BCUT2D eigenvalue weighted by molar-refractivity contribution is 7.19. The first-order valence-corrected chi connectivity index (χ1v) is 9.44. The van der Waals surface area contributed by atoms with Crippen LogP contribution in [-0.2, 0) is 4.79 Å². The molecule has 27 heavy (non-hydrogen) atoms. The number of hydrogen-bond donors (Lipinski definition) is 3. The molecule has 7 heteroatoms. The van der Waals surface area contributed by atoms with Crippen LogP contribution in [0.3, 0.4) is 0 Å². The van der Waals surface area contributed by atoms with Crippen LogP contribution in [0.2, 0.25) is 5.02 Å². The topological polar surface area (TPSA) is 92.4 Å². The van der Waals surface area contributed by atoms with Crippen LogP contribution in [0.5, 0.6) is 5.75 Å². The number of hydrogen-bond acceptors (Lipinski definition) is 5. The van der Waals surface area contributed by atoms with Gasteiger partial charge in [-0.1, -0.05) is 23.7 Å². The summed E-state index contributed by atoms with van der Waals surface area (Å²) in [6, 6.07) is 13.3. The number of carbonyl (C=O) groups excluding carboxylic acids is 2. The van der Waals surface area contributed by atoms with Crippen LogP contribution >= 0.6 is 22.9 Å². The molecule has 1 atom stereocenters. The van der Waals surface area contributed by atoms with Gasteiger partial charge in [-0.25, -0.2) is 0 Å². The Hall–Kier alpha value is -2.83. The lowest BCUT2D eigenvalue weighted by Crippen LogP contribution is -2.22. The van der Waals surface area contributed by atoms with Crippen molar-refractivity contribution in [1.82, 2.24) is 0 Å². The van der Waals surface area contributed by atoms with Crippen molar-refractivity contribution in [3.05, 3.63) is 75.1 Å². The third kappa shape index (κ3) is 3.18. The molecule has 4 N–H and O–H groups in total. The van der Waals surface area contributed by atoms with E-state index >= 15 is 0 Å². The molecule has 4 rings (SSSR count). The summed E-state index contributed by atoms with van der Waals surface area (Å²) in [5, 5.41) is 13.5. The molecule has 5 nitrogen and oxygen atoms in total. The van der Waals surface area contributed by atoms with E-state index in [1.807, 2.05) is 0 Å². The van der Waals surface area contributed by atoms with Gasteiger partial charge in [-0.2, -0.15) is 0 Å². The lowest BCUT2D eigenvalue weighted by molar-refractivity contribution is -0.116. The summed E-state index contributed by atoms with van der Waals surface area (Å²) in [6.45, 7) is 0. The number of nitrogens with two attached hydrogens (primary N) is 1. The third-order valence-corrected chi connectivity index (χ3v) is 5.97. The lowest BCUT2D eigenvalue weighted by Gasteiger charge is -2.23. The number of aromatic hydroxyl groups is 1. The number of amides is 1. The first-order chi connectivity index (χ1) is 12.9. The van der Waals surface area contributed by atoms with Crippen LogP contribution in [0.4, 0.5) is 10.7 Å². The predicted molar refractivity (Wildman–Crippen MR) is 107 cm³/mol. The lowest BCUT2D eigenvalue weighted by atomic mass is 9.86. The van der Waals surface area contributed by atoms with Gasteiger partial charge in [0, 0.05) is 28.5 Å². The molecule has 1 amide bonds. The summed E-state index contributed by atoms with van der Waals surface area (Å²) >= 11 is 7.08. The van der Waals surface area contributed by atoms with Gasteiger partial charge in [0.25, 0.3) is 0 Å². The molecular formula is C20H15ClN2O3S. The van der Waals surface area contributed by atoms with E-state index in [0.717, 1.165) is 11.1 Å². The van der Waals surface area contributed by atoms with Crippen LogP contribution < -0.4 is 11.1 Å². The molecule has 2 heterocycles. The molecule has 0 spiro atoms. The second-order valence-corrected chi connectivity index (χ2v) is 7.78. The molecule has 2 aromatic carbocycles. The maximum Gasteiger partial charge on any atom is 0.225 e. The molecule has 0 aliphatic carbocycles. The Labute approximate surface area is 164 Å². The van der Waals surface area contributed by atoms with Crippen molar-refractivity contribution in [3.8, 4) is 5.75 Å². The number of anilines is 2. The van der Waals surface area contributed by atoms with Crippen molar-refractivity contribution in [1.29, 1.82) is 0 Å². The van der Waals surface area contributed by atoms with Crippen molar-refractivity contribution < 1.29 is 14.7 Å². The van der Waals surface area contributed by atoms with Gasteiger partial charge in [-0.05, 0) is 42.0 Å². The molecular weight excluding hydrogens is 384 g/mol. The van der Waals surface area contributed by atoms with Gasteiger partial charge >= 0.3 is 0 Å². The van der Waals surface area contributed by atoms with Crippen molar-refractivity contribution in [2.75, 3.05) is 11.1 Å². The Balaban J connectivity index is 1.79. The van der Waals surface area contributed by atoms with Crippen LogP contribution in [0, 0.1) is 0 Å².